The Bertz CT molecular complexity index is 898. The fourth-order valence-electron chi connectivity index (χ4n) is 3.24. The van der Waals surface area contributed by atoms with E-state index >= 15 is 0 Å². The molecule has 0 saturated carbocycles. The van der Waals surface area contributed by atoms with E-state index in [-0.39, 0.29) is 18.0 Å². The summed E-state index contributed by atoms with van der Waals surface area (Å²) in [6.45, 7) is 7.84. The zero-order valence-corrected chi connectivity index (χ0v) is 15.1. The molecule has 0 spiro atoms. The van der Waals surface area contributed by atoms with Crippen molar-refractivity contribution >= 4 is 22.6 Å². The van der Waals surface area contributed by atoms with Gasteiger partial charge in [-0.1, -0.05) is 30.3 Å². The van der Waals surface area contributed by atoms with Crippen molar-refractivity contribution in [2.75, 3.05) is 5.32 Å². The van der Waals surface area contributed by atoms with E-state index in [9.17, 15) is 4.79 Å². The average Bonchev–Trinajstić information content (AvgIpc) is 2.92. The van der Waals surface area contributed by atoms with Crippen LogP contribution in [0.5, 0.6) is 0 Å². The summed E-state index contributed by atoms with van der Waals surface area (Å²) in [6.07, 6.45) is 0. The van der Waals surface area contributed by atoms with Gasteiger partial charge in [-0.25, -0.2) is 0 Å². The van der Waals surface area contributed by atoms with E-state index in [0.29, 0.717) is 0 Å². The van der Waals surface area contributed by atoms with Crippen molar-refractivity contribution in [2.45, 2.75) is 39.8 Å². The number of amides is 1. The van der Waals surface area contributed by atoms with Gasteiger partial charge in [0.05, 0.1) is 6.04 Å². The summed E-state index contributed by atoms with van der Waals surface area (Å²) in [5.74, 6) is 0.898. The van der Waals surface area contributed by atoms with Gasteiger partial charge in [-0.3, -0.25) is 4.79 Å². The molecule has 4 heteroatoms. The van der Waals surface area contributed by atoms with Crippen LogP contribution in [0.15, 0.2) is 52.9 Å². The van der Waals surface area contributed by atoms with Crippen LogP contribution in [0.3, 0.4) is 0 Å². The van der Waals surface area contributed by atoms with Crippen LogP contribution in [-0.4, -0.2) is 5.91 Å². The molecule has 3 rings (SSSR count). The SMILES string of the molecule is CC(=O)Nc1cccc(C(C)NC(C)c2oc3ccccc3c2C)c1. The second kappa shape index (κ2) is 7.11. The first-order valence-electron chi connectivity index (χ1n) is 8.57. The molecule has 0 aliphatic carbocycles. The first-order chi connectivity index (χ1) is 12.0. The number of anilines is 1. The number of para-hydroxylation sites is 1. The molecule has 0 aliphatic rings. The van der Waals surface area contributed by atoms with Gasteiger partial charge in [0.15, 0.2) is 0 Å². The molecule has 2 unspecified atom stereocenters. The lowest BCUT2D eigenvalue weighted by Crippen LogP contribution is -2.22. The molecule has 1 heterocycles. The number of hydrogen-bond donors (Lipinski definition) is 2. The van der Waals surface area contributed by atoms with E-state index in [0.717, 1.165) is 28.0 Å². The van der Waals surface area contributed by atoms with Crippen LogP contribution >= 0.6 is 0 Å². The molecule has 1 aromatic heterocycles. The third-order valence-corrected chi connectivity index (χ3v) is 4.48. The van der Waals surface area contributed by atoms with Crippen LogP contribution in [0.2, 0.25) is 0 Å². The average molecular weight is 336 g/mol. The highest BCUT2D eigenvalue weighted by Crippen LogP contribution is 2.30. The van der Waals surface area contributed by atoms with Crippen molar-refractivity contribution in [3.63, 3.8) is 0 Å². The van der Waals surface area contributed by atoms with Gasteiger partial charge in [0.25, 0.3) is 0 Å². The summed E-state index contributed by atoms with van der Waals surface area (Å²) in [5, 5.41) is 7.57. The van der Waals surface area contributed by atoms with Gasteiger partial charge in [0, 0.05) is 24.0 Å². The van der Waals surface area contributed by atoms with E-state index in [1.807, 2.05) is 36.4 Å². The van der Waals surface area contributed by atoms with Crippen molar-refractivity contribution in [3.8, 4) is 0 Å². The Kier molecular flexibility index (Phi) is 4.91. The molecule has 0 radical (unpaired) electrons. The number of furan rings is 1. The van der Waals surface area contributed by atoms with Crippen LogP contribution < -0.4 is 10.6 Å². The lowest BCUT2D eigenvalue weighted by atomic mass is 10.0. The topological polar surface area (TPSA) is 54.3 Å². The van der Waals surface area contributed by atoms with Crippen LogP contribution in [0.25, 0.3) is 11.0 Å². The Balaban J connectivity index is 1.78. The molecule has 4 nitrogen and oxygen atoms in total. The summed E-state index contributed by atoms with van der Waals surface area (Å²) in [5.41, 5.74) is 4.02. The van der Waals surface area contributed by atoms with Crippen molar-refractivity contribution in [1.82, 2.24) is 5.32 Å². The van der Waals surface area contributed by atoms with Crippen LogP contribution in [0.1, 0.15) is 49.7 Å². The van der Waals surface area contributed by atoms with Gasteiger partial charge in [-0.05, 0) is 50.1 Å². The fourth-order valence-corrected chi connectivity index (χ4v) is 3.24. The number of carbonyl (C=O) groups excluding carboxylic acids is 1. The third-order valence-electron chi connectivity index (χ3n) is 4.48. The highest BCUT2D eigenvalue weighted by atomic mass is 16.3. The van der Waals surface area contributed by atoms with E-state index in [4.69, 9.17) is 4.42 Å². The molecule has 2 aromatic carbocycles. The van der Waals surface area contributed by atoms with Gasteiger partial charge in [0.1, 0.15) is 11.3 Å². The lowest BCUT2D eigenvalue weighted by Gasteiger charge is -2.20. The minimum absolute atomic E-state index is 0.0657. The minimum atomic E-state index is -0.0657. The second-order valence-electron chi connectivity index (χ2n) is 6.50. The van der Waals surface area contributed by atoms with Crippen molar-refractivity contribution in [2.24, 2.45) is 0 Å². The number of aryl methyl sites for hydroxylation is 1. The van der Waals surface area contributed by atoms with Gasteiger partial charge >= 0.3 is 0 Å². The Hall–Kier alpha value is -2.59. The molecule has 0 saturated heterocycles. The van der Waals surface area contributed by atoms with E-state index in [1.54, 1.807) is 0 Å². The molecular weight excluding hydrogens is 312 g/mol. The highest BCUT2D eigenvalue weighted by Gasteiger charge is 2.18. The lowest BCUT2D eigenvalue weighted by molar-refractivity contribution is -0.114. The third kappa shape index (κ3) is 3.74. The Labute approximate surface area is 148 Å². The molecule has 0 fully saturated rings. The van der Waals surface area contributed by atoms with E-state index in [2.05, 4.69) is 43.5 Å². The zero-order chi connectivity index (χ0) is 18.0. The molecule has 2 N–H and O–H groups in total. The van der Waals surface area contributed by atoms with Gasteiger partial charge < -0.3 is 15.1 Å². The van der Waals surface area contributed by atoms with Gasteiger partial charge in [0.2, 0.25) is 5.91 Å². The summed E-state index contributed by atoms with van der Waals surface area (Å²) in [4.78, 5) is 11.2. The van der Waals surface area contributed by atoms with Crippen LogP contribution in [0.4, 0.5) is 5.69 Å². The summed E-state index contributed by atoms with van der Waals surface area (Å²) in [7, 11) is 0. The predicted molar refractivity (Wildman–Crippen MR) is 102 cm³/mol. The molecule has 25 heavy (non-hydrogen) atoms. The summed E-state index contributed by atoms with van der Waals surface area (Å²) >= 11 is 0. The Morgan fingerprint density at radius 2 is 1.80 bits per heavy atom. The normalized spacial score (nSPS) is 13.6. The number of fused-ring (bicyclic) bond motifs is 1. The maximum absolute atomic E-state index is 11.2. The number of hydrogen-bond acceptors (Lipinski definition) is 3. The standard InChI is InChI=1S/C21H24N2O2/c1-13-19-10-5-6-11-20(19)25-21(13)15(3)22-14(2)17-8-7-9-18(12-17)23-16(4)24/h5-12,14-15,22H,1-4H3,(H,23,24). The molecule has 3 aromatic rings. The minimum Gasteiger partial charge on any atom is -0.459 e. The molecule has 130 valence electrons. The first kappa shape index (κ1) is 17.2. The second-order valence-corrected chi connectivity index (χ2v) is 6.50. The van der Waals surface area contributed by atoms with Crippen LogP contribution in [-0.2, 0) is 4.79 Å². The molecule has 0 aliphatic heterocycles. The van der Waals surface area contributed by atoms with E-state index < -0.39 is 0 Å². The number of carbonyl (C=O) groups is 1. The summed E-state index contributed by atoms with van der Waals surface area (Å²) < 4.78 is 6.05. The Morgan fingerprint density at radius 3 is 2.52 bits per heavy atom. The maximum Gasteiger partial charge on any atom is 0.221 e. The smallest absolute Gasteiger partial charge is 0.221 e. The maximum atomic E-state index is 11.2. The monoisotopic (exact) mass is 336 g/mol. The molecule has 2 atom stereocenters. The van der Waals surface area contributed by atoms with Crippen molar-refractivity contribution in [3.05, 3.63) is 65.4 Å². The van der Waals surface area contributed by atoms with Crippen LogP contribution in [0, 0.1) is 6.92 Å². The zero-order valence-electron chi connectivity index (χ0n) is 15.1. The molecular formula is C21H24N2O2. The first-order valence-corrected chi connectivity index (χ1v) is 8.57. The number of nitrogens with one attached hydrogen (secondary N) is 2. The van der Waals surface area contributed by atoms with Gasteiger partial charge in [-0.15, -0.1) is 0 Å². The summed E-state index contributed by atoms with van der Waals surface area (Å²) in [6, 6.07) is 16.2. The molecule has 0 bridgehead atoms. The fraction of sp³-hybridized carbons (Fsp3) is 0.286. The highest BCUT2D eigenvalue weighted by molar-refractivity contribution is 5.88. The van der Waals surface area contributed by atoms with E-state index in [1.165, 1.54) is 12.5 Å². The number of benzene rings is 2. The van der Waals surface area contributed by atoms with Gasteiger partial charge in [-0.2, -0.15) is 0 Å². The number of rotatable bonds is 5. The Morgan fingerprint density at radius 1 is 1.04 bits per heavy atom. The molecule has 1 amide bonds. The van der Waals surface area contributed by atoms with Crippen molar-refractivity contribution in [1.29, 1.82) is 0 Å². The predicted octanol–water partition coefficient (Wildman–Crippen LogP) is 5.11. The van der Waals surface area contributed by atoms with Crippen molar-refractivity contribution < 1.29 is 9.21 Å². The largest absolute Gasteiger partial charge is 0.459 e. The quantitative estimate of drug-likeness (QED) is 0.680.